The van der Waals surface area contributed by atoms with Crippen molar-refractivity contribution in [1.82, 2.24) is 25.0 Å². The lowest BCUT2D eigenvalue weighted by Gasteiger charge is -2.01. The molecule has 5 nitrogen and oxygen atoms in total. The molecule has 0 aliphatic rings. The van der Waals surface area contributed by atoms with Gasteiger partial charge in [-0.05, 0) is 25.1 Å². The van der Waals surface area contributed by atoms with E-state index in [9.17, 15) is 4.39 Å². The van der Waals surface area contributed by atoms with E-state index in [4.69, 9.17) is 0 Å². The van der Waals surface area contributed by atoms with Gasteiger partial charge < -0.3 is 0 Å². The van der Waals surface area contributed by atoms with Crippen molar-refractivity contribution in [3.8, 4) is 5.69 Å². The van der Waals surface area contributed by atoms with Crippen molar-refractivity contribution in [3.63, 3.8) is 0 Å². The molecule has 6 heteroatoms. The zero-order valence-electron chi connectivity index (χ0n) is 9.00. The van der Waals surface area contributed by atoms with Crippen LogP contribution in [0.4, 0.5) is 4.39 Å². The van der Waals surface area contributed by atoms with E-state index >= 15 is 0 Å². The van der Waals surface area contributed by atoms with Gasteiger partial charge in [0.05, 0.1) is 11.9 Å². The lowest BCUT2D eigenvalue weighted by Crippen LogP contribution is -1.99. The second-order valence-electron chi connectivity index (χ2n) is 3.61. The van der Waals surface area contributed by atoms with Crippen LogP contribution in [0.15, 0.2) is 30.5 Å². The largest absolute Gasteiger partial charge is 0.239 e. The molecule has 3 aromatic rings. The van der Waals surface area contributed by atoms with Crippen LogP contribution in [0.3, 0.4) is 0 Å². The van der Waals surface area contributed by atoms with Gasteiger partial charge >= 0.3 is 0 Å². The van der Waals surface area contributed by atoms with Crippen LogP contribution < -0.4 is 0 Å². The Bertz CT molecular complexity index is 691. The van der Waals surface area contributed by atoms with E-state index in [0.717, 1.165) is 0 Å². The van der Waals surface area contributed by atoms with Gasteiger partial charge in [0.1, 0.15) is 11.6 Å². The van der Waals surface area contributed by atoms with Gasteiger partial charge in [-0.3, -0.25) is 0 Å². The SMILES string of the molecule is Cc1ncc2nnn(-c3cccc(F)c3)c2n1. The second-order valence-corrected chi connectivity index (χ2v) is 3.61. The van der Waals surface area contributed by atoms with Crippen molar-refractivity contribution < 1.29 is 4.39 Å². The van der Waals surface area contributed by atoms with Crippen LogP contribution in [-0.4, -0.2) is 25.0 Å². The molecule has 0 amide bonds. The van der Waals surface area contributed by atoms with Crippen LogP contribution in [0, 0.1) is 12.7 Å². The fourth-order valence-corrected chi connectivity index (χ4v) is 1.60. The monoisotopic (exact) mass is 229 g/mol. The van der Waals surface area contributed by atoms with Gasteiger partial charge in [-0.15, -0.1) is 5.10 Å². The van der Waals surface area contributed by atoms with E-state index in [1.54, 1.807) is 25.3 Å². The quantitative estimate of drug-likeness (QED) is 0.636. The Labute approximate surface area is 95.9 Å². The molecule has 0 saturated carbocycles. The Morgan fingerprint density at radius 2 is 2.18 bits per heavy atom. The van der Waals surface area contributed by atoms with Crippen LogP contribution in [0.2, 0.25) is 0 Å². The Hall–Kier alpha value is -2.37. The molecule has 2 heterocycles. The first kappa shape index (κ1) is 9.83. The first-order valence-corrected chi connectivity index (χ1v) is 5.05. The molecule has 0 fully saturated rings. The summed E-state index contributed by atoms with van der Waals surface area (Å²) in [4.78, 5) is 8.28. The predicted octanol–water partition coefficient (Wildman–Crippen LogP) is 1.66. The standard InChI is InChI=1S/C11H8FN5/c1-7-13-6-10-11(14-7)17(16-15-10)9-4-2-3-8(12)5-9/h2-6H,1H3. The number of aryl methyl sites for hydroxylation is 1. The smallest absolute Gasteiger partial charge is 0.187 e. The number of nitrogens with zero attached hydrogens (tertiary/aromatic N) is 5. The molecule has 17 heavy (non-hydrogen) atoms. The minimum absolute atomic E-state index is 0.322. The van der Waals surface area contributed by atoms with Crippen molar-refractivity contribution in [2.45, 2.75) is 6.92 Å². The molecule has 0 N–H and O–H groups in total. The number of hydrogen-bond donors (Lipinski definition) is 0. The third-order valence-electron chi connectivity index (χ3n) is 2.37. The van der Waals surface area contributed by atoms with Crippen molar-refractivity contribution in [1.29, 1.82) is 0 Å². The van der Waals surface area contributed by atoms with Gasteiger partial charge in [0, 0.05) is 0 Å². The molecule has 0 spiro atoms. The number of benzene rings is 1. The molecular weight excluding hydrogens is 221 g/mol. The highest BCUT2D eigenvalue weighted by Gasteiger charge is 2.08. The maximum Gasteiger partial charge on any atom is 0.187 e. The number of fused-ring (bicyclic) bond motifs is 1. The van der Waals surface area contributed by atoms with Crippen LogP contribution in [-0.2, 0) is 0 Å². The first-order valence-electron chi connectivity index (χ1n) is 5.05. The average Bonchev–Trinajstić information content (AvgIpc) is 2.71. The molecule has 0 unspecified atom stereocenters. The summed E-state index contributed by atoms with van der Waals surface area (Å²) in [6, 6.07) is 6.12. The summed E-state index contributed by atoms with van der Waals surface area (Å²) in [6.45, 7) is 1.78. The van der Waals surface area contributed by atoms with Crippen molar-refractivity contribution in [3.05, 3.63) is 42.1 Å². The lowest BCUT2D eigenvalue weighted by molar-refractivity contribution is 0.625. The fraction of sp³-hybridized carbons (Fsp3) is 0.0909. The van der Waals surface area contributed by atoms with Crippen LogP contribution in [0.25, 0.3) is 16.9 Å². The van der Waals surface area contributed by atoms with Crippen molar-refractivity contribution >= 4 is 11.2 Å². The third kappa shape index (κ3) is 1.63. The molecule has 2 aromatic heterocycles. The summed E-state index contributed by atoms with van der Waals surface area (Å²) in [5, 5.41) is 7.88. The van der Waals surface area contributed by atoms with Gasteiger partial charge in [-0.25, -0.2) is 14.4 Å². The average molecular weight is 229 g/mol. The van der Waals surface area contributed by atoms with E-state index in [0.29, 0.717) is 22.7 Å². The van der Waals surface area contributed by atoms with Gasteiger partial charge in [-0.1, -0.05) is 11.3 Å². The maximum atomic E-state index is 13.1. The van der Waals surface area contributed by atoms with Crippen molar-refractivity contribution in [2.75, 3.05) is 0 Å². The van der Waals surface area contributed by atoms with E-state index in [2.05, 4.69) is 20.3 Å². The number of aromatic nitrogens is 5. The molecule has 3 rings (SSSR count). The molecule has 0 aliphatic carbocycles. The van der Waals surface area contributed by atoms with Gasteiger partial charge in [-0.2, -0.15) is 4.68 Å². The van der Waals surface area contributed by atoms with Gasteiger partial charge in [0.15, 0.2) is 11.2 Å². The van der Waals surface area contributed by atoms with Crippen molar-refractivity contribution in [2.24, 2.45) is 0 Å². The molecule has 0 radical (unpaired) electrons. The maximum absolute atomic E-state index is 13.1. The van der Waals surface area contributed by atoms with Crippen LogP contribution in [0.1, 0.15) is 5.82 Å². The van der Waals surface area contributed by atoms with E-state index in [1.165, 1.54) is 16.8 Å². The summed E-state index contributed by atoms with van der Waals surface area (Å²) in [7, 11) is 0. The summed E-state index contributed by atoms with van der Waals surface area (Å²) >= 11 is 0. The second kappa shape index (κ2) is 3.58. The summed E-state index contributed by atoms with van der Waals surface area (Å²) in [6.07, 6.45) is 1.60. The minimum Gasteiger partial charge on any atom is -0.239 e. The normalized spacial score (nSPS) is 10.9. The molecule has 0 saturated heterocycles. The van der Waals surface area contributed by atoms with E-state index in [1.807, 2.05) is 0 Å². The molecule has 84 valence electrons. The highest BCUT2D eigenvalue weighted by molar-refractivity contribution is 5.70. The Morgan fingerprint density at radius 3 is 3.00 bits per heavy atom. The van der Waals surface area contributed by atoms with Crippen LogP contribution in [0.5, 0.6) is 0 Å². The number of hydrogen-bond acceptors (Lipinski definition) is 4. The molecule has 0 atom stereocenters. The summed E-state index contributed by atoms with van der Waals surface area (Å²) in [5.41, 5.74) is 1.74. The van der Waals surface area contributed by atoms with E-state index < -0.39 is 0 Å². The molecule has 0 aliphatic heterocycles. The predicted molar refractivity (Wildman–Crippen MR) is 59.2 cm³/mol. The summed E-state index contributed by atoms with van der Waals surface area (Å²) in [5.74, 6) is 0.300. The Kier molecular flexibility index (Phi) is 2.07. The Balaban J connectivity index is 2.27. The summed E-state index contributed by atoms with van der Waals surface area (Å²) < 4.78 is 14.6. The zero-order chi connectivity index (χ0) is 11.8. The first-order chi connectivity index (χ1) is 8.24. The molecular formula is C11H8FN5. The van der Waals surface area contributed by atoms with Gasteiger partial charge in [0.25, 0.3) is 0 Å². The van der Waals surface area contributed by atoms with Gasteiger partial charge in [0.2, 0.25) is 0 Å². The number of rotatable bonds is 1. The Morgan fingerprint density at radius 1 is 1.29 bits per heavy atom. The zero-order valence-corrected chi connectivity index (χ0v) is 9.00. The third-order valence-corrected chi connectivity index (χ3v) is 2.37. The van der Waals surface area contributed by atoms with Crippen LogP contribution >= 0.6 is 0 Å². The topological polar surface area (TPSA) is 56.5 Å². The minimum atomic E-state index is -0.322. The lowest BCUT2D eigenvalue weighted by atomic mass is 10.3. The van der Waals surface area contributed by atoms with E-state index in [-0.39, 0.29) is 5.82 Å². The highest BCUT2D eigenvalue weighted by atomic mass is 19.1. The number of halogens is 1. The fourth-order valence-electron chi connectivity index (χ4n) is 1.60. The molecule has 0 bridgehead atoms. The molecule has 1 aromatic carbocycles. The highest BCUT2D eigenvalue weighted by Crippen LogP contribution is 2.14.